The Hall–Kier alpha value is -2.76. The summed E-state index contributed by atoms with van der Waals surface area (Å²) >= 11 is 10.1. The molecule has 0 radical (unpaired) electrons. The van der Waals surface area contributed by atoms with Crippen molar-refractivity contribution in [3.63, 3.8) is 0 Å². The van der Waals surface area contributed by atoms with Crippen molar-refractivity contribution in [1.82, 2.24) is 20.1 Å². The molecule has 2 amide bonds. The standard InChI is InChI=1S/C21H17BrClF2N5O2S/c1-30-17(10-26-18(31)7-6-12-4-2-3-5-15(12)23)28-29-21(30)33-11-19(32)27-20-14(22)8-13(24)9-16(20)25/h2-9H,10-11H2,1H3,(H,26,31)(H,27,32)/b7-6+. The van der Waals surface area contributed by atoms with Gasteiger partial charge in [0.25, 0.3) is 0 Å². The molecule has 1 heterocycles. The molecule has 33 heavy (non-hydrogen) atoms. The first-order valence-corrected chi connectivity index (χ1v) is 11.6. The Kier molecular flexibility index (Phi) is 8.59. The minimum Gasteiger partial charge on any atom is -0.345 e. The van der Waals surface area contributed by atoms with E-state index in [2.05, 4.69) is 36.8 Å². The maximum absolute atomic E-state index is 13.9. The van der Waals surface area contributed by atoms with Gasteiger partial charge in [-0.15, -0.1) is 10.2 Å². The molecular weight excluding hydrogens is 540 g/mol. The van der Waals surface area contributed by atoms with E-state index in [-0.39, 0.29) is 28.4 Å². The summed E-state index contributed by atoms with van der Waals surface area (Å²) < 4.78 is 28.8. The highest BCUT2D eigenvalue weighted by molar-refractivity contribution is 9.10. The van der Waals surface area contributed by atoms with Gasteiger partial charge >= 0.3 is 0 Å². The van der Waals surface area contributed by atoms with Gasteiger partial charge in [-0.2, -0.15) is 0 Å². The van der Waals surface area contributed by atoms with Crippen LogP contribution in [-0.2, 0) is 23.2 Å². The van der Waals surface area contributed by atoms with E-state index >= 15 is 0 Å². The number of anilines is 1. The van der Waals surface area contributed by atoms with Crippen LogP contribution in [-0.4, -0.2) is 32.3 Å². The predicted molar refractivity (Wildman–Crippen MR) is 127 cm³/mol. The Balaban J connectivity index is 1.52. The quantitative estimate of drug-likeness (QED) is 0.314. The van der Waals surface area contributed by atoms with Crippen LogP contribution in [0.1, 0.15) is 11.4 Å². The second-order valence-electron chi connectivity index (χ2n) is 6.61. The van der Waals surface area contributed by atoms with Crippen molar-refractivity contribution in [3.05, 3.63) is 75.0 Å². The molecule has 0 bridgehead atoms. The number of carbonyl (C=O) groups excluding carboxylic acids is 2. The van der Waals surface area contributed by atoms with Gasteiger partial charge < -0.3 is 15.2 Å². The predicted octanol–water partition coefficient (Wildman–Crippen LogP) is 4.57. The largest absolute Gasteiger partial charge is 0.345 e. The average Bonchev–Trinajstić information content (AvgIpc) is 3.12. The molecule has 2 aromatic carbocycles. The Morgan fingerprint density at radius 2 is 2.00 bits per heavy atom. The number of carbonyl (C=O) groups is 2. The summed E-state index contributed by atoms with van der Waals surface area (Å²) in [7, 11) is 1.69. The zero-order chi connectivity index (χ0) is 24.0. The van der Waals surface area contributed by atoms with Crippen molar-refractivity contribution in [2.75, 3.05) is 11.1 Å². The van der Waals surface area contributed by atoms with Crippen molar-refractivity contribution in [2.24, 2.45) is 7.05 Å². The molecule has 0 saturated heterocycles. The number of nitrogens with one attached hydrogen (secondary N) is 2. The number of nitrogens with zero attached hydrogens (tertiary/aromatic N) is 3. The molecule has 12 heteroatoms. The van der Waals surface area contributed by atoms with E-state index in [1.165, 1.54) is 6.08 Å². The summed E-state index contributed by atoms with van der Waals surface area (Å²) in [6.07, 6.45) is 2.97. The first kappa shape index (κ1) is 24.9. The van der Waals surface area contributed by atoms with Crippen molar-refractivity contribution in [2.45, 2.75) is 11.7 Å². The molecule has 0 atom stereocenters. The Labute approximate surface area is 205 Å². The number of hydrogen-bond donors (Lipinski definition) is 2. The summed E-state index contributed by atoms with van der Waals surface area (Å²) in [6, 6.07) is 8.87. The third-order valence-corrected chi connectivity index (χ3v) is 6.26. The van der Waals surface area contributed by atoms with E-state index in [1.807, 2.05) is 6.07 Å². The zero-order valence-corrected chi connectivity index (χ0v) is 20.3. The molecule has 2 N–H and O–H groups in total. The van der Waals surface area contributed by atoms with E-state index in [1.54, 1.807) is 35.9 Å². The van der Waals surface area contributed by atoms with E-state index in [4.69, 9.17) is 11.6 Å². The molecule has 7 nitrogen and oxygen atoms in total. The van der Waals surface area contributed by atoms with Crippen molar-refractivity contribution >= 4 is 62.9 Å². The molecule has 172 valence electrons. The monoisotopic (exact) mass is 555 g/mol. The van der Waals surface area contributed by atoms with Gasteiger partial charge in [-0.05, 0) is 39.7 Å². The SMILES string of the molecule is Cn1c(CNC(=O)/C=C/c2ccccc2Cl)nnc1SCC(=O)Nc1c(F)cc(F)cc1Br. The highest BCUT2D eigenvalue weighted by Gasteiger charge is 2.15. The molecule has 0 fully saturated rings. The molecule has 0 aliphatic heterocycles. The van der Waals surface area contributed by atoms with E-state index in [0.717, 1.165) is 23.4 Å². The summed E-state index contributed by atoms with van der Waals surface area (Å²) in [5.41, 5.74) is 0.575. The van der Waals surface area contributed by atoms with Crippen LogP contribution in [0, 0.1) is 11.6 Å². The van der Waals surface area contributed by atoms with Crippen molar-refractivity contribution < 1.29 is 18.4 Å². The highest BCUT2D eigenvalue weighted by Crippen LogP contribution is 2.27. The second-order valence-corrected chi connectivity index (χ2v) is 8.82. The smallest absolute Gasteiger partial charge is 0.244 e. The van der Waals surface area contributed by atoms with Crippen LogP contribution in [0.2, 0.25) is 5.02 Å². The molecule has 1 aromatic heterocycles. The van der Waals surface area contributed by atoms with E-state index in [0.29, 0.717) is 22.1 Å². The summed E-state index contributed by atoms with van der Waals surface area (Å²) in [5, 5.41) is 14.1. The van der Waals surface area contributed by atoms with Crippen molar-refractivity contribution in [1.29, 1.82) is 0 Å². The Morgan fingerprint density at radius 1 is 1.24 bits per heavy atom. The number of rotatable bonds is 8. The van der Waals surface area contributed by atoms with Gasteiger partial charge in [-0.25, -0.2) is 8.78 Å². The minimum absolute atomic E-state index is 0.0812. The average molecular weight is 557 g/mol. The molecule has 0 spiro atoms. The number of hydrogen-bond acceptors (Lipinski definition) is 5. The fraction of sp³-hybridized carbons (Fsp3) is 0.143. The Bertz CT molecular complexity index is 1200. The summed E-state index contributed by atoms with van der Waals surface area (Å²) in [6.45, 7) is 0.121. The Morgan fingerprint density at radius 3 is 2.73 bits per heavy atom. The first-order chi connectivity index (χ1) is 15.7. The van der Waals surface area contributed by atoms with Gasteiger partial charge in [0.1, 0.15) is 5.82 Å². The van der Waals surface area contributed by atoms with Gasteiger partial charge in [0, 0.05) is 28.7 Å². The highest BCUT2D eigenvalue weighted by atomic mass is 79.9. The lowest BCUT2D eigenvalue weighted by atomic mass is 10.2. The summed E-state index contributed by atoms with van der Waals surface area (Å²) in [4.78, 5) is 24.2. The molecule has 0 aliphatic rings. The molecular formula is C21H17BrClF2N5O2S. The number of halogens is 4. The topological polar surface area (TPSA) is 88.9 Å². The maximum atomic E-state index is 13.9. The maximum Gasteiger partial charge on any atom is 0.244 e. The fourth-order valence-corrected chi connectivity index (χ4v) is 4.03. The molecule has 3 aromatic rings. The van der Waals surface area contributed by atoms with Crippen LogP contribution in [0.5, 0.6) is 0 Å². The second kappa shape index (κ2) is 11.4. The van der Waals surface area contributed by atoms with Gasteiger partial charge in [0.05, 0.1) is 18.0 Å². The molecule has 0 saturated carbocycles. The molecule has 0 unspecified atom stereocenters. The third-order valence-electron chi connectivity index (χ3n) is 4.27. The van der Waals surface area contributed by atoms with Gasteiger partial charge in [0.15, 0.2) is 16.8 Å². The van der Waals surface area contributed by atoms with Gasteiger partial charge in [0.2, 0.25) is 11.8 Å². The van der Waals surface area contributed by atoms with E-state index in [9.17, 15) is 18.4 Å². The van der Waals surface area contributed by atoms with Crippen LogP contribution in [0.15, 0.2) is 52.1 Å². The van der Waals surface area contributed by atoms with Crippen LogP contribution in [0.3, 0.4) is 0 Å². The molecule has 0 aliphatic carbocycles. The fourth-order valence-electron chi connectivity index (χ4n) is 2.59. The van der Waals surface area contributed by atoms with Crippen LogP contribution in [0.25, 0.3) is 6.08 Å². The number of thioether (sulfide) groups is 1. The van der Waals surface area contributed by atoms with Crippen LogP contribution >= 0.6 is 39.3 Å². The lowest BCUT2D eigenvalue weighted by molar-refractivity contribution is -0.116. The van der Waals surface area contributed by atoms with Gasteiger partial charge in [-0.1, -0.05) is 41.6 Å². The lowest BCUT2D eigenvalue weighted by Gasteiger charge is -2.09. The first-order valence-electron chi connectivity index (χ1n) is 9.40. The van der Waals surface area contributed by atoms with Crippen LogP contribution in [0.4, 0.5) is 14.5 Å². The number of benzene rings is 2. The normalized spacial score (nSPS) is 11.1. The number of aromatic nitrogens is 3. The van der Waals surface area contributed by atoms with Crippen LogP contribution < -0.4 is 10.6 Å². The lowest BCUT2D eigenvalue weighted by Crippen LogP contribution is -2.22. The molecule has 3 rings (SSSR count). The summed E-state index contributed by atoms with van der Waals surface area (Å²) in [5.74, 6) is -2.09. The number of amides is 2. The zero-order valence-electron chi connectivity index (χ0n) is 17.1. The minimum atomic E-state index is -0.888. The third kappa shape index (κ3) is 6.86. The van der Waals surface area contributed by atoms with Gasteiger partial charge in [-0.3, -0.25) is 9.59 Å². The van der Waals surface area contributed by atoms with Crippen molar-refractivity contribution in [3.8, 4) is 0 Å². The van der Waals surface area contributed by atoms with E-state index < -0.39 is 17.5 Å².